The molecule has 2 N–H and O–H groups in total. The summed E-state index contributed by atoms with van der Waals surface area (Å²) in [4.78, 5) is 20.6. The van der Waals surface area contributed by atoms with Gasteiger partial charge in [-0.2, -0.15) is 0 Å². The van der Waals surface area contributed by atoms with E-state index in [1.807, 2.05) is 6.07 Å². The summed E-state index contributed by atoms with van der Waals surface area (Å²) in [5, 5.41) is 9.38. The highest BCUT2D eigenvalue weighted by Gasteiger charge is 2.14. The second kappa shape index (κ2) is 6.71. The van der Waals surface area contributed by atoms with Crippen molar-refractivity contribution in [1.82, 2.24) is 15.1 Å². The van der Waals surface area contributed by atoms with Crippen LogP contribution >= 0.6 is 0 Å². The number of hydrogen-bond acceptors (Lipinski definition) is 8. The summed E-state index contributed by atoms with van der Waals surface area (Å²) in [5.41, 5.74) is 0.916. The Morgan fingerprint density at radius 1 is 1.12 bits per heavy atom. The number of anilines is 3. The highest BCUT2D eigenvalue weighted by Crippen LogP contribution is 2.33. The van der Waals surface area contributed by atoms with E-state index < -0.39 is 5.91 Å². The van der Waals surface area contributed by atoms with Crippen LogP contribution in [0.5, 0.6) is 11.5 Å². The molecule has 1 aliphatic heterocycles. The van der Waals surface area contributed by atoms with Gasteiger partial charge in [-0.05, 0) is 25.1 Å². The van der Waals surface area contributed by atoms with Crippen molar-refractivity contribution in [3.05, 3.63) is 48.0 Å². The molecule has 26 heavy (non-hydrogen) atoms. The molecular formula is C17H15N5O4. The van der Waals surface area contributed by atoms with E-state index in [1.165, 1.54) is 12.3 Å². The molecule has 9 nitrogen and oxygen atoms in total. The monoisotopic (exact) mass is 353 g/mol. The molecule has 3 heterocycles. The van der Waals surface area contributed by atoms with E-state index in [0.717, 1.165) is 5.69 Å². The minimum atomic E-state index is -0.411. The van der Waals surface area contributed by atoms with Gasteiger partial charge < -0.3 is 24.6 Å². The molecule has 1 aromatic carbocycles. The standard InChI is InChI=1S/C17H15N5O4/c1-10-8-15(22-26-10)21-16(23)12-4-5-18-17(20-12)19-11-2-3-13-14(9-11)25-7-6-24-13/h2-5,8-9H,6-7H2,1H3,(H,18,19,20)(H,21,22,23). The van der Waals surface area contributed by atoms with Crippen LogP contribution in [0.1, 0.15) is 16.2 Å². The van der Waals surface area contributed by atoms with Crippen LogP contribution in [-0.4, -0.2) is 34.2 Å². The summed E-state index contributed by atoms with van der Waals surface area (Å²) in [5.74, 6) is 2.14. The lowest BCUT2D eigenvalue weighted by atomic mass is 10.2. The van der Waals surface area contributed by atoms with Crippen LogP contribution in [0, 0.1) is 6.92 Å². The molecule has 132 valence electrons. The van der Waals surface area contributed by atoms with Crippen molar-refractivity contribution in [3.8, 4) is 11.5 Å². The van der Waals surface area contributed by atoms with Gasteiger partial charge in [0.15, 0.2) is 17.3 Å². The largest absolute Gasteiger partial charge is 0.486 e. The Balaban J connectivity index is 1.49. The highest BCUT2D eigenvalue weighted by atomic mass is 16.6. The molecule has 0 aliphatic carbocycles. The van der Waals surface area contributed by atoms with Crippen molar-refractivity contribution in [1.29, 1.82) is 0 Å². The summed E-state index contributed by atoms with van der Waals surface area (Å²) in [6.07, 6.45) is 1.50. The van der Waals surface area contributed by atoms with Crippen molar-refractivity contribution in [2.45, 2.75) is 6.92 Å². The third-order valence-corrected chi connectivity index (χ3v) is 3.56. The van der Waals surface area contributed by atoms with Crippen molar-refractivity contribution < 1.29 is 18.8 Å². The van der Waals surface area contributed by atoms with Gasteiger partial charge in [-0.15, -0.1) is 0 Å². The second-order valence-electron chi connectivity index (χ2n) is 5.53. The van der Waals surface area contributed by atoms with Crippen molar-refractivity contribution in [3.63, 3.8) is 0 Å². The van der Waals surface area contributed by atoms with Gasteiger partial charge in [0.1, 0.15) is 24.7 Å². The Kier molecular flexibility index (Phi) is 4.10. The van der Waals surface area contributed by atoms with E-state index in [1.54, 1.807) is 25.1 Å². The van der Waals surface area contributed by atoms with Crippen LogP contribution in [0.4, 0.5) is 17.5 Å². The fourth-order valence-electron chi connectivity index (χ4n) is 2.40. The van der Waals surface area contributed by atoms with Crippen LogP contribution in [0.15, 0.2) is 41.1 Å². The molecule has 4 rings (SSSR count). The summed E-state index contributed by atoms with van der Waals surface area (Å²) in [6, 6.07) is 8.55. The van der Waals surface area contributed by atoms with Gasteiger partial charge in [-0.3, -0.25) is 4.79 Å². The van der Waals surface area contributed by atoms with Crippen molar-refractivity contribution in [2.24, 2.45) is 0 Å². The van der Waals surface area contributed by atoms with E-state index in [2.05, 4.69) is 25.8 Å². The number of carbonyl (C=O) groups excluding carboxylic acids is 1. The normalized spacial score (nSPS) is 12.5. The van der Waals surface area contributed by atoms with Gasteiger partial charge in [-0.1, -0.05) is 5.16 Å². The molecular weight excluding hydrogens is 338 g/mol. The number of amides is 1. The molecule has 2 aromatic heterocycles. The quantitative estimate of drug-likeness (QED) is 0.736. The highest BCUT2D eigenvalue weighted by molar-refractivity contribution is 6.02. The van der Waals surface area contributed by atoms with E-state index in [4.69, 9.17) is 14.0 Å². The molecule has 0 bridgehead atoms. The molecule has 1 amide bonds. The number of benzene rings is 1. The zero-order valence-corrected chi connectivity index (χ0v) is 13.9. The first-order chi connectivity index (χ1) is 12.7. The number of hydrogen-bond donors (Lipinski definition) is 2. The zero-order valence-electron chi connectivity index (χ0n) is 13.9. The fourth-order valence-corrected chi connectivity index (χ4v) is 2.40. The summed E-state index contributed by atoms with van der Waals surface area (Å²) in [7, 11) is 0. The van der Waals surface area contributed by atoms with Crippen LogP contribution in [0.3, 0.4) is 0 Å². The molecule has 9 heteroatoms. The summed E-state index contributed by atoms with van der Waals surface area (Å²) < 4.78 is 16.0. The Morgan fingerprint density at radius 2 is 1.96 bits per heavy atom. The van der Waals surface area contributed by atoms with Gasteiger partial charge in [0.05, 0.1) is 0 Å². The number of carbonyl (C=O) groups is 1. The van der Waals surface area contributed by atoms with Gasteiger partial charge in [-0.25, -0.2) is 9.97 Å². The lowest BCUT2D eigenvalue weighted by Crippen LogP contribution is -2.16. The predicted molar refractivity (Wildman–Crippen MR) is 91.9 cm³/mol. The summed E-state index contributed by atoms with van der Waals surface area (Å²) >= 11 is 0. The topological polar surface area (TPSA) is 111 Å². The number of nitrogens with one attached hydrogen (secondary N) is 2. The second-order valence-corrected chi connectivity index (χ2v) is 5.53. The fraction of sp³-hybridized carbons (Fsp3) is 0.176. The maximum Gasteiger partial charge on any atom is 0.275 e. The average molecular weight is 353 g/mol. The Morgan fingerprint density at radius 3 is 2.77 bits per heavy atom. The van der Waals surface area contributed by atoms with Gasteiger partial charge in [0.2, 0.25) is 5.95 Å². The Bertz CT molecular complexity index is 956. The molecule has 0 saturated carbocycles. The molecule has 1 aliphatic rings. The van der Waals surface area contributed by atoms with E-state index >= 15 is 0 Å². The number of aryl methyl sites for hydroxylation is 1. The van der Waals surface area contributed by atoms with Crippen LogP contribution in [-0.2, 0) is 0 Å². The number of nitrogens with zero attached hydrogens (tertiary/aromatic N) is 3. The van der Waals surface area contributed by atoms with Crippen LogP contribution < -0.4 is 20.1 Å². The zero-order chi connectivity index (χ0) is 17.9. The lowest BCUT2D eigenvalue weighted by Gasteiger charge is -2.19. The van der Waals surface area contributed by atoms with E-state index in [0.29, 0.717) is 36.3 Å². The Labute approximate surface area is 148 Å². The third kappa shape index (κ3) is 3.41. The average Bonchev–Trinajstić information content (AvgIpc) is 3.06. The maximum absolute atomic E-state index is 12.3. The van der Waals surface area contributed by atoms with Crippen molar-refractivity contribution >= 4 is 23.4 Å². The first-order valence-electron chi connectivity index (χ1n) is 7.92. The van der Waals surface area contributed by atoms with Gasteiger partial charge >= 0.3 is 0 Å². The van der Waals surface area contributed by atoms with E-state index in [9.17, 15) is 4.79 Å². The van der Waals surface area contributed by atoms with Gasteiger partial charge in [0, 0.05) is 24.0 Å². The SMILES string of the molecule is Cc1cc(NC(=O)c2ccnc(Nc3ccc4c(c3)OCCO4)n2)no1. The molecule has 0 radical (unpaired) electrons. The van der Waals surface area contributed by atoms with Crippen LogP contribution in [0.2, 0.25) is 0 Å². The lowest BCUT2D eigenvalue weighted by molar-refractivity contribution is 0.102. The molecule has 0 saturated heterocycles. The first kappa shape index (κ1) is 15.9. The third-order valence-electron chi connectivity index (χ3n) is 3.56. The maximum atomic E-state index is 12.3. The molecule has 0 unspecified atom stereocenters. The molecule has 3 aromatic rings. The van der Waals surface area contributed by atoms with Crippen molar-refractivity contribution in [2.75, 3.05) is 23.8 Å². The minimum Gasteiger partial charge on any atom is -0.486 e. The van der Waals surface area contributed by atoms with E-state index in [-0.39, 0.29) is 11.6 Å². The minimum absolute atomic E-state index is 0.195. The molecule has 0 fully saturated rings. The number of aromatic nitrogens is 3. The Hall–Kier alpha value is -3.62. The first-order valence-corrected chi connectivity index (χ1v) is 7.92. The number of ether oxygens (including phenoxy) is 2. The summed E-state index contributed by atoms with van der Waals surface area (Å²) in [6.45, 7) is 2.78. The molecule has 0 spiro atoms. The number of fused-ring (bicyclic) bond motifs is 1. The smallest absolute Gasteiger partial charge is 0.275 e. The number of rotatable bonds is 4. The van der Waals surface area contributed by atoms with Gasteiger partial charge in [0.25, 0.3) is 5.91 Å². The predicted octanol–water partition coefficient (Wildman–Crippen LogP) is 2.54. The van der Waals surface area contributed by atoms with Crippen LogP contribution in [0.25, 0.3) is 0 Å². The molecule has 0 atom stereocenters.